The quantitative estimate of drug-likeness (QED) is 0.162. The number of aromatic nitrogens is 3. The van der Waals surface area contributed by atoms with Crippen LogP contribution in [0.25, 0.3) is 27.9 Å². The van der Waals surface area contributed by atoms with E-state index in [1.165, 1.54) is 12.5 Å². The Morgan fingerprint density at radius 3 is 2.31 bits per heavy atom. The van der Waals surface area contributed by atoms with Gasteiger partial charge in [-0.1, -0.05) is 65.6 Å². The van der Waals surface area contributed by atoms with E-state index in [2.05, 4.69) is 53.4 Å². The molecule has 0 fully saturated rings. The Bertz CT molecular complexity index is 1550. The van der Waals surface area contributed by atoms with E-state index in [-0.39, 0.29) is 12.3 Å². The minimum atomic E-state index is -4.25. The van der Waals surface area contributed by atoms with Crippen LogP contribution in [0, 0.1) is 13.8 Å². The van der Waals surface area contributed by atoms with Crippen LogP contribution in [0.15, 0.2) is 70.9 Å². The molecule has 0 aliphatic rings. The number of hydrogen-bond acceptors (Lipinski definition) is 3. The molecule has 0 atom stereocenters. The van der Waals surface area contributed by atoms with Crippen molar-refractivity contribution in [2.45, 2.75) is 60.1 Å². The number of alkyl halides is 3. The Morgan fingerprint density at radius 1 is 0.949 bits per heavy atom. The van der Waals surface area contributed by atoms with Gasteiger partial charge in [0.15, 0.2) is 5.65 Å². The zero-order valence-electron chi connectivity index (χ0n) is 22.8. The summed E-state index contributed by atoms with van der Waals surface area (Å²) in [5, 5.41) is 9.64. The van der Waals surface area contributed by atoms with Crippen LogP contribution in [0.4, 0.5) is 13.2 Å². The molecule has 204 valence electrons. The van der Waals surface area contributed by atoms with E-state index in [0.717, 1.165) is 56.9 Å². The summed E-state index contributed by atoms with van der Waals surface area (Å²) >= 11 is 6.16. The molecule has 2 aromatic heterocycles. The van der Waals surface area contributed by atoms with E-state index in [4.69, 9.17) is 11.6 Å². The fourth-order valence-electron chi connectivity index (χ4n) is 4.78. The SMILES string of the molecule is CC/C(Cc1nnc2cc(-c3ccc(Cl)cc3)c(-c3ccc(C)cc3C)cn12)=C(/C)CN=C(C)CC(F)(F)F. The summed E-state index contributed by atoms with van der Waals surface area (Å²) < 4.78 is 40.1. The van der Waals surface area contributed by atoms with E-state index < -0.39 is 12.6 Å². The second-order valence-corrected chi connectivity index (χ2v) is 10.5. The van der Waals surface area contributed by atoms with Gasteiger partial charge in [0, 0.05) is 28.9 Å². The van der Waals surface area contributed by atoms with Crippen molar-refractivity contribution in [1.82, 2.24) is 14.6 Å². The van der Waals surface area contributed by atoms with E-state index in [1.54, 1.807) is 0 Å². The first kappa shape index (κ1) is 28.6. The molecule has 4 aromatic rings. The lowest BCUT2D eigenvalue weighted by Crippen LogP contribution is -2.13. The lowest BCUT2D eigenvalue weighted by atomic mass is 9.93. The lowest BCUT2D eigenvalue weighted by molar-refractivity contribution is -0.121. The van der Waals surface area contributed by atoms with Gasteiger partial charge >= 0.3 is 6.18 Å². The Hall–Kier alpha value is -3.45. The van der Waals surface area contributed by atoms with Gasteiger partial charge < -0.3 is 0 Å². The minimum absolute atomic E-state index is 0.0815. The molecule has 4 rings (SSSR count). The molecular weight excluding hydrogens is 521 g/mol. The Labute approximate surface area is 232 Å². The highest BCUT2D eigenvalue weighted by Crippen LogP contribution is 2.36. The zero-order valence-corrected chi connectivity index (χ0v) is 23.6. The molecular formula is C31H32ClF3N4. The summed E-state index contributed by atoms with van der Waals surface area (Å²) in [5.74, 6) is 0.769. The molecule has 0 amide bonds. The fourth-order valence-corrected chi connectivity index (χ4v) is 4.91. The van der Waals surface area contributed by atoms with E-state index in [9.17, 15) is 13.2 Å². The third-order valence-electron chi connectivity index (χ3n) is 6.89. The van der Waals surface area contributed by atoms with Gasteiger partial charge in [0.25, 0.3) is 0 Å². The molecule has 2 heterocycles. The van der Waals surface area contributed by atoms with E-state index in [1.807, 2.05) is 48.6 Å². The van der Waals surface area contributed by atoms with Crippen molar-refractivity contribution < 1.29 is 13.2 Å². The number of halogens is 4. The van der Waals surface area contributed by atoms with Gasteiger partial charge in [-0.05, 0) is 74.6 Å². The normalized spacial score (nSPS) is 13.2. The molecule has 2 aromatic carbocycles. The van der Waals surface area contributed by atoms with Gasteiger partial charge in [0.2, 0.25) is 0 Å². The molecule has 0 spiro atoms. The molecule has 0 aliphatic carbocycles. The Balaban J connectivity index is 1.77. The monoisotopic (exact) mass is 552 g/mol. The van der Waals surface area contributed by atoms with Crippen LogP contribution in [0.2, 0.25) is 5.02 Å². The molecule has 39 heavy (non-hydrogen) atoms. The first-order chi connectivity index (χ1) is 18.4. The number of fused-ring (bicyclic) bond motifs is 1. The van der Waals surface area contributed by atoms with Crippen molar-refractivity contribution in [3.63, 3.8) is 0 Å². The van der Waals surface area contributed by atoms with Gasteiger partial charge in [0.1, 0.15) is 5.82 Å². The van der Waals surface area contributed by atoms with Crippen molar-refractivity contribution in [3.05, 3.63) is 87.8 Å². The average Bonchev–Trinajstić information content (AvgIpc) is 3.26. The standard InChI is InChI=1S/C31H32ClF3N4/c1-6-23(21(4)17-36-22(5)16-31(33,34)35)14-29-37-38-30-15-27(24-8-10-25(32)11-9-24)28(18-39(29)30)26-12-7-19(2)13-20(26)3/h7-13,15,18H,6,14,16-17H2,1-5H3/b23-21+,36-22?. The number of allylic oxidation sites excluding steroid dienone is 1. The molecule has 0 unspecified atom stereocenters. The molecule has 0 N–H and O–H groups in total. The summed E-state index contributed by atoms with van der Waals surface area (Å²) in [6.07, 6.45) is -1.89. The topological polar surface area (TPSA) is 42.5 Å². The maximum atomic E-state index is 12.7. The zero-order chi connectivity index (χ0) is 28.3. The summed E-state index contributed by atoms with van der Waals surface area (Å²) in [6.45, 7) is 9.79. The fraction of sp³-hybridized carbons (Fsp3) is 0.323. The lowest BCUT2D eigenvalue weighted by Gasteiger charge is -2.15. The third kappa shape index (κ3) is 6.95. The predicted octanol–water partition coefficient (Wildman–Crippen LogP) is 9.02. The highest BCUT2D eigenvalue weighted by Gasteiger charge is 2.28. The van der Waals surface area contributed by atoms with Gasteiger partial charge in [-0.15, -0.1) is 10.2 Å². The first-order valence-corrected chi connectivity index (χ1v) is 13.3. The van der Waals surface area contributed by atoms with Crippen LogP contribution in [0.5, 0.6) is 0 Å². The number of benzene rings is 2. The van der Waals surface area contributed by atoms with Gasteiger partial charge in [-0.25, -0.2) is 0 Å². The highest BCUT2D eigenvalue weighted by atomic mass is 35.5. The Kier molecular flexibility index (Phi) is 8.60. The minimum Gasteiger partial charge on any atom is -0.290 e. The van der Waals surface area contributed by atoms with Crippen LogP contribution in [-0.4, -0.2) is 33.0 Å². The van der Waals surface area contributed by atoms with Gasteiger partial charge in [0.05, 0.1) is 13.0 Å². The highest BCUT2D eigenvalue weighted by molar-refractivity contribution is 6.30. The summed E-state index contributed by atoms with van der Waals surface area (Å²) in [4.78, 5) is 4.18. The van der Waals surface area contributed by atoms with Crippen molar-refractivity contribution in [2.75, 3.05) is 6.54 Å². The van der Waals surface area contributed by atoms with Crippen LogP contribution >= 0.6 is 11.6 Å². The number of nitrogens with zero attached hydrogens (tertiary/aromatic N) is 4. The van der Waals surface area contributed by atoms with Crippen molar-refractivity contribution >= 4 is 23.0 Å². The molecule has 0 bridgehead atoms. The number of aliphatic imine (C=N–C) groups is 1. The van der Waals surface area contributed by atoms with Gasteiger partial charge in [-0.2, -0.15) is 13.2 Å². The van der Waals surface area contributed by atoms with E-state index >= 15 is 0 Å². The summed E-state index contributed by atoms with van der Waals surface area (Å²) in [7, 11) is 0. The number of aryl methyl sites for hydroxylation is 2. The predicted molar refractivity (Wildman–Crippen MR) is 154 cm³/mol. The second kappa shape index (κ2) is 11.7. The molecule has 0 radical (unpaired) electrons. The smallest absolute Gasteiger partial charge is 0.290 e. The molecule has 4 nitrogen and oxygen atoms in total. The third-order valence-corrected chi connectivity index (χ3v) is 7.14. The second-order valence-electron chi connectivity index (χ2n) is 10.0. The van der Waals surface area contributed by atoms with Crippen LogP contribution in [-0.2, 0) is 6.42 Å². The molecule has 0 aliphatic heterocycles. The largest absolute Gasteiger partial charge is 0.394 e. The van der Waals surface area contributed by atoms with Crippen molar-refractivity contribution in [3.8, 4) is 22.3 Å². The maximum absolute atomic E-state index is 12.7. The van der Waals surface area contributed by atoms with E-state index in [0.29, 0.717) is 11.4 Å². The van der Waals surface area contributed by atoms with Crippen molar-refractivity contribution in [1.29, 1.82) is 0 Å². The molecule has 8 heteroatoms. The summed E-state index contributed by atoms with van der Waals surface area (Å²) in [6, 6.07) is 16.2. The molecule has 0 saturated heterocycles. The Morgan fingerprint density at radius 2 is 1.67 bits per heavy atom. The number of hydrogen-bond donors (Lipinski definition) is 0. The van der Waals surface area contributed by atoms with Crippen LogP contribution < -0.4 is 0 Å². The summed E-state index contributed by atoms with van der Waals surface area (Å²) in [5.41, 5.74) is 9.41. The molecule has 0 saturated carbocycles. The van der Waals surface area contributed by atoms with Crippen LogP contribution in [0.3, 0.4) is 0 Å². The first-order valence-electron chi connectivity index (χ1n) is 12.9. The maximum Gasteiger partial charge on any atom is 0.394 e. The van der Waals surface area contributed by atoms with Crippen LogP contribution in [0.1, 0.15) is 50.6 Å². The number of rotatable bonds is 8. The average molecular weight is 553 g/mol. The van der Waals surface area contributed by atoms with Crippen molar-refractivity contribution in [2.24, 2.45) is 4.99 Å². The van der Waals surface area contributed by atoms with Gasteiger partial charge in [-0.3, -0.25) is 9.39 Å². The number of pyridine rings is 1.